The molecule has 1 rings (SSSR count). The van der Waals surface area contributed by atoms with Gasteiger partial charge in [-0.15, -0.1) is 0 Å². The number of aliphatic hydroxyl groups is 1. The number of nitrogens with one attached hydrogen (secondary N) is 1. The molecule has 0 saturated carbocycles. The minimum absolute atomic E-state index is 0.218. The number of anilines is 1. The van der Waals surface area contributed by atoms with Crippen LogP contribution in [0.3, 0.4) is 0 Å². The lowest BCUT2D eigenvalue weighted by molar-refractivity contribution is 0.191. The molecule has 21 heavy (non-hydrogen) atoms. The first-order valence-electron chi connectivity index (χ1n) is 7.29. The van der Waals surface area contributed by atoms with Gasteiger partial charge in [-0.1, -0.05) is 20.8 Å². The van der Waals surface area contributed by atoms with E-state index in [1.807, 2.05) is 26.8 Å². The Balaban J connectivity index is 3.40. The Kier molecular flexibility index (Phi) is 5.78. The number of aliphatic hydroxyl groups excluding tert-OH is 1. The van der Waals surface area contributed by atoms with Crippen molar-refractivity contribution in [2.24, 2.45) is 0 Å². The number of benzene rings is 1. The second-order valence-electron chi connectivity index (χ2n) is 5.55. The molecule has 0 aromatic heterocycles. The highest BCUT2D eigenvalue weighted by Crippen LogP contribution is 2.26. The summed E-state index contributed by atoms with van der Waals surface area (Å²) in [6.45, 7) is 7.09. The summed E-state index contributed by atoms with van der Waals surface area (Å²) < 4.78 is 28.0. The Morgan fingerprint density at radius 1 is 1.24 bits per heavy atom. The van der Waals surface area contributed by atoms with Crippen molar-refractivity contribution in [3.05, 3.63) is 23.3 Å². The van der Waals surface area contributed by atoms with E-state index in [-0.39, 0.29) is 11.5 Å². The molecule has 0 aliphatic rings. The molecular formula is C15H26N2O3S. The zero-order chi connectivity index (χ0) is 16.3. The number of hydrogen-bond donors (Lipinski definition) is 3. The van der Waals surface area contributed by atoms with Crippen molar-refractivity contribution >= 4 is 15.7 Å². The molecule has 0 aliphatic carbocycles. The van der Waals surface area contributed by atoms with Crippen LogP contribution in [0.1, 0.15) is 45.2 Å². The first-order valence-corrected chi connectivity index (χ1v) is 8.77. The van der Waals surface area contributed by atoms with Crippen LogP contribution in [0.25, 0.3) is 0 Å². The molecular weight excluding hydrogens is 288 g/mol. The molecule has 0 spiro atoms. The van der Waals surface area contributed by atoms with Gasteiger partial charge in [0, 0.05) is 5.69 Å². The van der Waals surface area contributed by atoms with Gasteiger partial charge >= 0.3 is 0 Å². The Labute approximate surface area is 127 Å². The SMILES string of the molecule is CCc1cc(N)c(CC)c(S(=O)(=O)NC(C)(CC)CO)c1. The number of sulfonamides is 1. The van der Waals surface area contributed by atoms with Gasteiger partial charge in [0.05, 0.1) is 17.0 Å². The molecule has 1 unspecified atom stereocenters. The molecule has 120 valence electrons. The molecule has 1 atom stereocenters. The molecule has 0 aliphatic heterocycles. The van der Waals surface area contributed by atoms with E-state index in [1.54, 1.807) is 13.0 Å². The molecule has 1 aromatic carbocycles. The van der Waals surface area contributed by atoms with Crippen molar-refractivity contribution in [2.75, 3.05) is 12.3 Å². The third-order valence-corrected chi connectivity index (χ3v) is 5.57. The highest BCUT2D eigenvalue weighted by Gasteiger charge is 2.30. The van der Waals surface area contributed by atoms with E-state index < -0.39 is 15.6 Å². The lowest BCUT2D eigenvalue weighted by Crippen LogP contribution is -2.48. The molecule has 4 N–H and O–H groups in total. The quantitative estimate of drug-likeness (QED) is 0.670. The molecule has 0 fully saturated rings. The van der Waals surface area contributed by atoms with E-state index >= 15 is 0 Å². The van der Waals surface area contributed by atoms with E-state index in [0.717, 1.165) is 5.56 Å². The highest BCUT2D eigenvalue weighted by atomic mass is 32.2. The number of hydrogen-bond acceptors (Lipinski definition) is 4. The molecule has 6 heteroatoms. The van der Waals surface area contributed by atoms with Gasteiger partial charge in [-0.2, -0.15) is 0 Å². The van der Waals surface area contributed by atoms with Gasteiger partial charge in [-0.3, -0.25) is 0 Å². The fraction of sp³-hybridized carbons (Fsp3) is 0.600. The van der Waals surface area contributed by atoms with Crippen LogP contribution in [0.4, 0.5) is 5.69 Å². The fourth-order valence-corrected chi connectivity index (χ4v) is 4.00. The first-order chi connectivity index (χ1) is 9.72. The Hall–Kier alpha value is -1.11. The summed E-state index contributed by atoms with van der Waals surface area (Å²) in [6.07, 6.45) is 1.74. The van der Waals surface area contributed by atoms with Crippen LogP contribution in [-0.2, 0) is 22.9 Å². The molecule has 0 radical (unpaired) electrons. The minimum Gasteiger partial charge on any atom is -0.398 e. The maximum Gasteiger partial charge on any atom is 0.241 e. The predicted octanol–water partition coefficient (Wildman–Crippen LogP) is 1.83. The van der Waals surface area contributed by atoms with Crippen LogP contribution < -0.4 is 10.5 Å². The molecule has 0 saturated heterocycles. The fourth-order valence-electron chi connectivity index (χ4n) is 2.14. The van der Waals surface area contributed by atoms with Gasteiger partial charge in [0.15, 0.2) is 0 Å². The molecule has 0 amide bonds. The maximum absolute atomic E-state index is 12.7. The Morgan fingerprint density at radius 2 is 1.86 bits per heavy atom. The maximum atomic E-state index is 12.7. The summed E-state index contributed by atoms with van der Waals surface area (Å²) in [6, 6.07) is 3.49. The third kappa shape index (κ3) is 3.96. The minimum atomic E-state index is -3.73. The summed E-state index contributed by atoms with van der Waals surface area (Å²) in [5, 5.41) is 9.43. The predicted molar refractivity (Wildman–Crippen MR) is 85.7 cm³/mol. The lowest BCUT2D eigenvalue weighted by atomic mass is 10.0. The molecule has 0 heterocycles. The van der Waals surface area contributed by atoms with Crippen molar-refractivity contribution in [1.29, 1.82) is 0 Å². The Morgan fingerprint density at radius 3 is 2.29 bits per heavy atom. The second kappa shape index (κ2) is 6.77. The first kappa shape index (κ1) is 17.9. The normalized spacial score (nSPS) is 14.9. The average Bonchev–Trinajstić information content (AvgIpc) is 2.45. The van der Waals surface area contributed by atoms with Crippen LogP contribution in [0, 0.1) is 0 Å². The van der Waals surface area contributed by atoms with Gasteiger partial charge in [0.25, 0.3) is 0 Å². The summed E-state index contributed by atoms with van der Waals surface area (Å²) >= 11 is 0. The summed E-state index contributed by atoms with van der Waals surface area (Å²) in [7, 11) is -3.73. The highest BCUT2D eigenvalue weighted by molar-refractivity contribution is 7.89. The van der Waals surface area contributed by atoms with Gasteiger partial charge in [0.1, 0.15) is 0 Å². The van der Waals surface area contributed by atoms with Crippen molar-refractivity contribution in [3.63, 3.8) is 0 Å². The van der Waals surface area contributed by atoms with Crippen molar-refractivity contribution in [2.45, 2.75) is 57.4 Å². The topological polar surface area (TPSA) is 92.4 Å². The smallest absolute Gasteiger partial charge is 0.241 e. The van der Waals surface area contributed by atoms with Crippen LogP contribution in [0.5, 0.6) is 0 Å². The van der Waals surface area contributed by atoms with Crippen LogP contribution in [0.2, 0.25) is 0 Å². The van der Waals surface area contributed by atoms with Gasteiger partial charge in [-0.05, 0) is 49.4 Å². The standard InChI is InChI=1S/C15H26N2O3S/c1-5-11-8-13(16)12(6-2)14(9-11)21(19,20)17-15(4,7-3)10-18/h8-9,17-18H,5-7,10,16H2,1-4H3. The lowest BCUT2D eigenvalue weighted by Gasteiger charge is -2.27. The number of rotatable bonds is 7. The summed E-state index contributed by atoms with van der Waals surface area (Å²) in [5.41, 5.74) is 7.12. The van der Waals surface area contributed by atoms with Crippen molar-refractivity contribution in [3.8, 4) is 0 Å². The van der Waals surface area contributed by atoms with Crippen LogP contribution >= 0.6 is 0 Å². The molecule has 1 aromatic rings. The van der Waals surface area contributed by atoms with Crippen LogP contribution in [0.15, 0.2) is 17.0 Å². The van der Waals surface area contributed by atoms with Crippen molar-refractivity contribution < 1.29 is 13.5 Å². The largest absolute Gasteiger partial charge is 0.398 e. The number of nitrogens with two attached hydrogens (primary N) is 1. The number of aryl methyl sites for hydroxylation is 1. The van der Waals surface area contributed by atoms with E-state index in [0.29, 0.717) is 30.5 Å². The van der Waals surface area contributed by atoms with E-state index in [4.69, 9.17) is 5.73 Å². The van der Waals surface area contributed by atoms with Gasteiger partial charge in [0.2, 0.25) is 10.0 Å². The monoisotopic (exact) mass is 314 g/mol. The number of nitrogen functional groups attached to an aromatic ring is 1. The summed E-state index contributed by atoms with van der Waals surface area (Å²) in [5.74, 6) is 0. The van der Waals surface area contributed by atoms with Crippen LogP contribution in [-0.4, -0.2) is 25.7 Å². The Bertz CT molecular complexity index is 593. The van der Waals surface area contributed by atoms with Crippen molar-refractivity contribution in [1.82, 2.24) is 4.72 Å². The second-order valence-corrected chi connectivity index (χ2v) is 7.20. The third-order valence-electron chi connectivity index (χ3n) is 3.86. The zero-order valence-corrected chi connectivity index (χ0v) is 14.0. The summed E-state index contributed by atoms with van der Waals surface area (Å²) in [4.78, 5) is 0.218. The molecule has 0 bridgehead atoms. The molecule has 5 nitrogen and oxygen atoms in total. The van der Waals surface area contributed by atoms with E-state index in [9.17, 15) is 13.5 Å². The van der Waals surface area contributed by atoms with E-state index in [2.05, 4.69) is 4.72 Å². The van der Waals surface area contributed by atoms with E-state index in [1.165, 1.54) is 0 Å². The zero-order valence-electron chi connectivity index (χ0n) is 13.2. The average molecular weight is 314 g/mol. The van der Waals surface area contributed by atoms with Gasteiger partial charge in [-0.25, -0.2) is 13.1 Å². The van der Waals surface area contributed by atoms with Gasteiger partial charge < -0.3 is 10.8 Å².